The van der Waals surface area contributed by atoms with E-state index < -0.39 is 0 Å². The van der Waals surface area contributed by atoms with Gasteiger partial charge in [0.05, 0.1) is 24.9 Å². The minimum absolute atomic E-state index is 0.625. The highest BCUT2D eigenvalue weighted by Crippen LogP contribution is 2.41. The second kappa shape index (κ2) is 3.25. The minimum Gasteiger partial charge on any atom is -0.375 e. The van der Waals surface area contributed by atoms with Crippen molar-refractivity contribution in [1.29, 1.82) is 0 Å². The SMILES string of the molecule is C(CC1CO1)CC1CC2CCC1O2. The summed E-state index contributed by atoms with van der Waals surface area (Å²) in [5, 5.41) is 0. The summed E-state index contributed by atoms with van der Waals surface area (Å²) in [5.41, 5.74) is 0. The predicted octanol–water partition coefficient (Wildman–Crippen LogP) is 2.12. The van der Waals surface area contributed by atoms with E-state index in [-0.39, 0.29) is 0 Å². The van der Waals surface area contributed by atoms with Crippen LogP contribution in [0.4, 0.5) is 0 Å². The van der Waals surface area contributed by atoms with Gasteiger partial charge in [0.1, 0.15) is 0 Å². The van der Waals surface area contributed by atoms with Crippen molar-refractivity contribution in [3.63, 3.8) is 0 Å². The topological polar surface area (TPSA) is 21.8 Å². The fourth-order valence-electron chi connectivity index (χ4n) is 2.89. The van der Waals surface area contributed by atoms with E-state index in [0.717, 1.165) is 12.5 Å². The Bertz CT molecular complexity index is 189. The molecule has 3 heterocycles. The lowest BCUT2D eigenvalue weighted by Crippen LogP contribution is -2.16. The van der Waals surface area contributed by atoms with E-state index >= 15 is 0 Å². The molecule has 3 fully saturated rings. The molecule has 0 aromatic rings. The molecule has 0 spiro atoms. The molecule has 4 atom stereocenters. The molecule has 3 aliphatic heterocycles. The van der Waals surface area contributed by atoms with Gasteiger partial charge in [0.15, 0.2) is 0 Å². The fourth-order valence-corrected chi connectivity index (χ4v) is 2.89. The Hall–Kier alpha value is -0.0800. The van der Waals surface area contributed by atoms with Crippen LogP contribution in [0.25, 0.3) is 0 Å². The van der Waals surface area contributed by atoms with Gasteiger partial charge in [-0.25, -0.2) is 0 Å². The highest BCUT2D eigenvalue weighted by atomic mass is 16.6. The monoisotopic (exact) mass is 182 g/mol. The quantitative estimate of drug-likeness (QED) is 0.621. The third kappa shape index (κ3) is 1.75. The maximum Gasteiger partial charge on any atom is 0.0810 e. The fraction of sp³-hybridized carbons (Fsp3) is 1.00. The van der Waals surface area contributed by atoms with Crippen molar-refractivity contribution in [2.24, 2.45) is 5.92 Å². The zero-order valence-electron chi connectivity index (χ0n) is 8.08. The average Bonchev–Trinajstić information content (AvgIpc) is 2.74. The van der Waals surface area contributed by atoms with E-state index in [1.165, 1.54) is 38.5 Å². The molecule has 3 saturated heterocycles. The summed E-state index contributed by atoms with van der Waals surface area (Å²) in [6.07, 6.45) is 9.90. The summed E-state index contributed by atoms with van der Waals surface area (Å²) in [6.45, 7) is 1.02. The third-order valence-electron chi connectivity index (χ3n) is 3.74. The lowest BCUT2D eigenvalue weighted by Gasteiger charge is -2.17. The Kier molecular flexibility index (Phi) is 2.06. The van der Waals surface area contributed by atoms with Gasteiger partial charge in [0.2, 0.25) is 0 Å². The molecule has 74 valence electrons. The molecular formula is C11H18O2. The molecule has 0 aromatic heterocycles. The normalized spacial score (nSPS) is 47.1. The van der Waals surface area contributed by atoms with E-state index in [2.05, 4.69) is 0 Å². The van der Waals surface area contributed by atoms with Gasteiger partial charge >= 0.3 is 0 Å². The summed E-state index contributed by atoms with van der Waals surface area (Å²) in [7, 11) is 0. The maximum atomic E-state index is 5.83. The summed E-state index contributed by atoms with van der Waals surface area (Å²) < 4.78 is 11.0. The van der Waals surface area contributed by atoms with Crippen molar-refractivity contribution in [1.82, 2.24) is 0 Å². The molecule has 0 aromatic carbocycles. The van der Waals surface area contributed by atoms with Crippen LogP contribution < -0.4 is 0 Å². The highest BCUT2D eigenvalue weighted by molar-refractivity contribution is 4.89. The van der Waals surface area contributed by atoms with Crippen LogP contribution in [-0.2, 0) is 9.47 Å². The van der Waals surface area contributed by atoms with Crippen molar-refractivity contribution in [2.45, 2.75) is 56.8 Å². The van der Waals surface area contributed by atoms with E-state index in [1.54, 1.807) is 0 Å². The Balaban J connectivity index is 1.40. The van der Waals surface area contributed by atoms with Crippen LogP contribution in [0, 0.1) is 5.92 Å². The molecule has 4 unspecified atom stereocenters. The molecule has 0 radical (unpaired) electrons. The molecule has 2 nitrogen and oxygen atoms in total. The van der Waals surface area contributed by atoms with Crippen LogP contribution in [0.2, 0.25) is 0 Å². The zero-order valence-corrected chi connectivity index (χ0v) is 8.08. The van der Waals surface area contributed by atoms with Gasteiger partial charge in [0.25, 0.3) is 0 Å². The molecule has 0 saturated carbocycles. The Labute approximate surface area is 79.6 Å². The first kappa shape index (κ1) is 8.25. The van der Waals surface area contributed by atoms with Crippen molar-refractivity contribution in [3.8, 4) is 0 Å². The molecular weight excluding hydrogens is 164 g/mol. The molecule has 0 aliphatic carbocycles. The Morgan fingerprint density at radius 2 is 2.08 bits per heavy atom. The second-order valence-electron chi connectivity index (χ2n) is 4.76. The van der Waals surface area contributed by atoms with Crippen molar-refractivity contribution in [3.05, 3.63) is 0 Å². The largest absolute Gasteiger partial charge is 0.375 e. The standard InChI is InChI=1S/C11H18O2/c1(3-10-7-12-10)2-8-6-9-4-5-11(8)13-9/h8-11H,1-7H2. The first-order chi connectivity index (χ1) is 6.42. The molecule has 2 heteroatoms. The van der Waals surface area contributed by atoms with Gasteiger partial charge in [-0.2, -0.15) is 0 Å². The summed E-state index contributed by atoms with van der Waals surface area (Å²) >= 11 is 0. The van der Waals surface area contributed by atoms with Gasteiger partial charge in [-0.05, 0) is 38.0 Å². The zero-order chi connectivity index (χ0) is 8.67. The Morgan fingerprint density at radius 3 is 2.69 bits per heavy atom. The number of fused-ring (bicyclic) bond motifs is 2. The lowest BCUT2D eigenvalue weighted by molar-refractivity contribution is 0.0908. The molecule has 2 bridgehead atoms. The van der Waals surface area contributed by atoms with Crippen LogP contribution in [0.1, 0.15) is 38.5 Å². The van der Waals surface area contributed by atoms with Crippen LogP contribution in [0.3, 0.4) is 0 Å². The van der Waals surface area contributed by atoms with Crippen molar-refractivity contribution >= 4 is 0 Å². The number of rotatable bonds is 4. The molecule has 3 aliphatic rings. The number of hydrogen-bond donors (Lipinski definition) is 0. The number of epoxide rings is 1. The van der Waals surface area contributed by atoms with Crippen LogP contribution in [-0.4, -0.2) is 24.9 Å². The maximum absolute atomic E-state index is 5.83. The first-order valence-corrected chi connectivity index (χ1v) is 5.69. The van der Waals surface area contributed by atoms with Crippen LogP contribution >= 0.6 is 0 Å². The number of ether oxygens (including phenoxy) is 2. The summed E-state index contributed by atoms with van der Waals surface area (Å²) in [5.74, 6) is 0.887. The summed E-state index contributed by atoms with van der Waals surface area (Å²) in [4.78, 5) is 0. The van der Waals surface area contributed by atoms with E-state index in [4.69, 9.17) is 9.47 Å². The molecule has 13 heavy (non-hydrogen) atoms. The van der Waals surface area contributed by atoms with E-state index in [9.17, 15) is 0 Å². The van der Waals surface area contributed by atoms with E-state index in [1.807, 2.05) is 0 Å². The van der Waals surface area contributed by atoms with Gasteiger partial charge in [-0.3, -0.25) is 0 Å². The predicted molar refractivity (Wildman–Crippen MR) is 49.6 cm³/mol. The van der Waals surface area contributed by atoms with Gasteiger partial charge in [0, 0.05) is 0 Å². The first-order valence-electron chi connectivity index (χ1n) is 5.69. The molecule has 0 amide bonds. The van der Waals surface area contributed by atoms with Crippen molar-refractivity contribution < 1.29 is 9.47 Å². The van der Waals surface area contributed by atoms with Gasteiger partial charge in [-0.15, -0.1) is 0 Å². The lowest BCUT2D eigenvalue weighted by atomic mass is 9.85. The highest BCUT2D eigenvalue weighted by Gasteiger charge is 2.40. The summed E-state index contributed by atoms with van der Waals surface area (Å²) in [6, 6.07) is 0. The average molecular weight is 182 g/mol. The van der Waals surface area contributed by atoms with Crippen LogP contribution in [0.15, 0.2) is 0 Å². The smallest absolute Gasteiger partial charge is 0.0810 e. The Morgan fingerprint density at radius 1 is 1.15 bits per heavy atom. The van der Waals surface area contributed by atoms with E-state index in [0.29, 0.717) is 18.3 Å². The molecule has 0 N–H and O–H groups in total. The van der Waals surface area contributed by atoms with Gasteiger partial charge in [-0.1, -0.05) is 6.42 Å². The number of hydrogen-bond acceptors (Lipinski definition) is 2. The second-order valence-corrected chi connectivity index (χ2v) is 4.76. The molecule has 3 rings (SSSR count). The van der Waals surface area contributed by atoms with Gasteiger partial charge < -0.3 is 9.47 Å². The minimum atomic E-state index is 0.625. The van der Waals surface area contributed by atoms with Crippen LogP contribution in [0.5, 0.6) is 0 Å². The third-order valence-corrected chi connectivity index (χ3v) is 3.74. The van der Waals surface area contributed by atoms with Crippen molar-refractivity contribution in [2.75, 3.05) is 6.61 Å².